The highest BCUT2D eigenvalue weighted by Crippen LogP contribution is 2.17. The summed E-state index contributed by atoms with van der Waals surface area (Å²) < 4.78 is 0. The quantitative estimate of drug-likeness (QED) is 0.654. The van der Waals surface area contributed by atoms with Gasteiger partial charge in [-0.2, -0.15) is 0 Å². The lowest BCUT2D eigenvalue weighted by Crippen LogP contribution is -2.44. The smallest absolute Gasteiger partial charge is 0.221 e. The van der Waals surface area contributed by atoms with E-state index in [0.29, 0.717) is 24.8 Å². The molecule has 2 atom stereocenters. The van der Waals surface area contributed by atoms with Gasteiger partial charge in [-0.1, -0.05) is 32.0 Å². The molecule has 2 rings (SSSR count). The first-order chi connectivity index (χ1) is 9.56. The molecular formula is C15H23N3O2. The Labute approximate surface area is 119 Å². The third-order valence-electron chi connectivity index (χ3n) is 3.69. The molecule has 1 aromatic rings. The Morgan fingerprint density at radius 2 is 2.15 bits per heavy atom. The first kappa shape index (κ1) is 14.8. The van der Waals surface area contributed by atoms with Gasteiger partial charge >= 0.3 is 0 Å². The van der Waals surface area contributed by atoms with Gasteiger partial charge in [-0.15, -0.1) is 0 Å². The normalized spacial score (nSPS) is 22.1. The fraction of sp³-hybridized carbons (Fsp3) is 0.533. The van der Waals surface area contributed by atoms with E-state index < -0.39 is 0 Å². The van der Waals surface area contributed by atoms with E-state index in [1.165, 1.54) is 0 Å². The maximum atomic E-state index is 11.9. The van der Waals surface area contributed by atoms with Crippen molar-refractivity contribution in [2.24, 2.45) is 5.92 Å². The molecule has 0 aromatic heterocycles. The number of aryl methyl sites for hydroxylation is 1. The fourth-order valence-corrected chi connectivity index (χ4v) is 2.35. The summed E-state index contributed by atoms with van der Waals surface area (Å²) in [7, 11) is 0. The Morgan fingerprint density at radius 1 is 1.40 bits per heavy atom. The van der Waals surface area contributed by atoms with Crippen molar-refractivity contribution >= 4 is 5.91 Å². The highest BCUT2D eigenvalue weighted by molar-refractivity contribution is 5.76. The van der Waals surface area contributed by atoms with Crippen LogP contribution in [0.5, 0.6) is 5.75 Å². The summed E-state index contributed by atoms with van der Waals surface area (Å²) in [4.78, 5) is 11.9. The molecule has 0 spiro atoms. The van der Waals surface area contributed by atoms with Gasteiger partial charge in [0.1, 0.15) is 5.75 Å². The molecular weight excluding hydrogens is 254 g/mol. The van der Waals surface area contributed by atoms with Crippen molar-refractivity contribution in [1.82, 2.24) is 16.2 Å². The van der Waals surface area contributed by atoms with Gasteiger partial charge < -0.3 is 10.4 Å². The summed E-state index contributed by atoms with van der Waals surface area (Å²) in [6, 6.07) is 7.51. The molecule has 0 aliphatic carbocycles. The van der Waals surface area contributed by atoms with Crippen LogP contribution in [0, 0.1) is 5.92 Å². The zero-order valence-corrected chi connectivity index (χ0v) is 12.0. The predicted molar refractivity (Wildman–Crippen MR) is 77.9 cm³/mol. The number of carbonyl (C=O) groups excluding carboxylic acids is 1. The maximum Gasteiger partial charge on any atom is 0.221 e. The van der Waals surface area contributed by atoms with E-state index in [9.17, 15) is 9.90 Å². The van der Waals surface area contributed by atoms with Crippen molar-refractivity contribution in [1.29, 1.82) is 0 Å². The van der Waals surface area contributed by atoms with E-state index in [-0.39, 0.29) is 17.8 Å². The number of benzene rings is 1. The zero-order chi connectivity index (χ0) is 14.5. The average Bonchev–Trinajstić information content (AvgIpc) is 2.86. The molecule has 110 valence electrons. The topological polar surface area (TPSA) is 73.4 Å². The SMILES string of the molecule is CC(C)C1CC(NC(=O)CCc2ccccc2O)NN1. The summed E-state index contributed by atoms with van der Waals surface area (Å²) in [5.41, 5.74) is 7.09. The number of carbonyl (C=O) groups is 1. The summed E-state index contributed by atoms with van der Waals surface area (Å²) in [6.07, 6.45) is 1.80. The number of aromatic hydroxyl groups is 1. The Hall–Kier alpha value is -1.59. The van der Waals surface area contributed by atoms with E-state index in [0.717, 1.165) is 12.0 Å². The number of phenols is 1. The summed E-state index contributed by atoms with van der Waals surface area (Å²) in [6.45, 7) is 4.31. The minimum atomic E-state index is -0.0146. The number of amides is 1. The monoisotopic (exact) mass is 277 g/mol. The standard InChI is InChI=1S/C15H23N3O2/c1-10(2)12-9-14(18-17-12)16-15(20)8-7-11-5-3-4-6-13(11)19/h3-6,10,12,14,17-19H,7-9H2,1-2H3,(H,16,20). The first-order valence-electron chi connectivity index (χ1n) is 7.13. The number of hydrogen-bond donors (Lipinski definition) is 4. The van der Waals surface area contributed by atoms with Gasteiger partial charge in [0.2, 0.25) is 5.91 Å². The lowest BCUT2D eigenvalue weighted by Gasteiger charge is -2.13. The third-order valence-corrected chi connectivity index (χ3v) is 3.69. The predicted octanol–water partition coefficient (Wildman–Crippen LogP) is 1.29. The zero-order valence-electron chi connectivity index (χ0n) is 12.0. The summed E-state index contributed by atoms with van der Waals surface area (Å²) >= 11 is 0. The molecule has 5 nitrogen and oxygen atoms in total. The lowest BCUT2D eigenvalue weighted by molar-refractivity contribution is -0.121. The molecule has 0 radical (unpaired) electrons. The Bertz CT molecular complexity index is 462. The second-order valence-corrected chi connectivity index (χ2v) is 5.62. The van der Waals surface area contributed by atoms with Gasteiger partial charge in [0.15, 0.2) is 0 Å². The van der Waals surface area contributed by atoms with Crippen LogP contribution in [0.2, 0.25) is 0 Å². The van der Waals surface area contributed by atoms with Crippen LogP contribution < -0.4 is 16.2 Å². The van der Waals surface area contributed by atoms with Crippen LogP contribution in [0.15, 0.2) is 24.3 Å². The maximum absolute atomic E-state index is 11.9. The highest BCUT2D eigenvalue weighted by atomic mass is 16.3. The van der Waals surface area contributed by atoms with Crippen molar-refractivity contribution in [2.75, 3.05) is 0 Å². The molecule has 2 unspecified atom stereocenters. The number of rotatable bonds is 5. The molecule has 1 aliphatic rings. The molecule has 1 saturated heterocycles. The second-order valence-electron chi connectivity index (χ2n) is 5.62. The van der Waals surface area contributed by atoms with Crippen molar-refractivity contribution in [3.8, 4) is 5.75 Å². The number of nitrogens with one attached hydrogen (secondary N) is 3. The van der Waals surface area contributed by atoms with Gasteiger partial charge in [0.05, 0.1) is 6.17 Å². The van der Waals surface area contributed by atoms with Crippen LogP contribution in [0.1, 0.15) is 32.3 Å². The molecule has 0 saturated carbocycles. The van der Waals surface area contributed by atoms with Gasteiger partial charge in [-0.25, -0.2) is 5.43 Å². The minimum Gasteiger partial charge on any atom is -0.508 e. The number of hydrazine groups is 1. The second kappa shape index (κ2) is 6.72. The molecule has 1 aliphatic heterocycles. The fourth-order valence-electron chi connectivity index (χ4n) is 2.35. The number of para-hydroxylation sites is 1. The third kappa shape index (κ3) is 3.95. The molecule has 4 N–H and O–H groups in total. The highest BCUT2D eigenvalue weighted by Gasteiger charge is 2.26. The van der Waals surface area contributed by atoms with Crippen molar-refractivity contribution in [3.63, 3.8) is 0 Å². The van der Waals surface area contributed by atoms with Gasteiger partial charge in [-0.3, -0.25) is 10.2 Å². The first-order valence-corrected chi connectivity index (χ1v) is 7.13. The van der Waals surface area contributed by atoms with Crippen LogP contribution in [0.3, 0.4) is 0 Å². The molecule has 1 fully saturated rings. The van der Waals surface area contributed by atoms with Crippen LogP contribution in [0.25, 0.3) is 0 Å². The molecule has 0 bridgehead atoms. The van der Waals surface area contributed by atoms with Gasteiger partial charge in [0, 0.05) is 12.5 Å². The number of phenolic OH excluding ortho intramolecular Hbond substituents is 1. The lowest BCUT2D eigenvalue weighted by atomic mass is 10.0. The number of hydrogen-bond acceptors (Lipinski definition) is 4. The Balaban J connectivity index is 1.75. The molecule has 20 heavy (non-hydrogen) atoms. The van der Waals surface area contributed by atoms with E-state index in [1.807, 2.05) is 12.1 Å². The van der Waals surface area contributed by atoms with Crippen molar-refractivity contribution in [3.05, 3.63) is 29.8 Å². The van der Waals surface area contributed by atoms with Crippen LogP contribution in [-0.4, -0.2) is 23.2 Å². The van der Waals surface area contributed by atoms with Gasteiger partial charge in [-0.05, 0) is 30.4 Å². The summed E-state index contributed by atoms with van der Waals surface area (Å²) in [5.74, 6) is 0.781. The largest absolute Gasteiger partial charge is 0.508 e. The van der Waals surface area contributed by atoms with Crippen LogP contribution in [0.4, 0.5) is 0 Å². The minimum absolute atomic E-state index is 0.00282. The van der Waals surface area contributed by atoms with Gasteiger partial charge in [0.25, 0.3) is 0 Å². The van der Waals surface area contributed by atoms with Crippen LogP contribution >= 0.6 is 0 Å². The van der Waals surface area contributed by atoms with E-state index >= 15 is 0 Å². The molecule has 1 aromatic carbocycles. The molecule has 5 heteroatoms. The Kier molecular flexibility index (Phi) is 4.98. The molecule has 1 amide bonds. The van der Waals surface area contributed by atoms with E-state index in [4.69, 9.17) is 0 Å². The average molecular weight is 277 g/mol. The van der Waals surface area contributed by atoms with Crippen molar-refractivity contribution in [2.45, 2.75) is 45.3 Å². The van der Waals surface area contributed by atoms with E-state index in [1.54, 1.807) is 12.1 Å². The van der Waals surface area contributed by atoms with Crippen molar-refractivity contribution < 1.29 is 9.90 Å². The van der Waals surface area contributed by atoms with Crippen LogP contribution in [-0.2, 0) is 11.2 Å². The Morgan fingerprint density at radius 3 is 2.80 bits per heavy atom. The molecule has 1 heterocycles. The van der Waals surface area contributed by atoms with E-state index in [2.05, 4.69) is 30.0 Å². The summed E-state index contributed by atoms with van der Waals surface area (Å²) in [5, 5.41) is 12.6.